The van der Waals surface area contributed by atoms with Crippen LogP contribution in [0.4, 0.5) is 11.4 Å². The van der Waals surface area contributed by atoms with E-state index in [4.69, 9.17) is 10.00 Å². The fourth-order valence-electron chi connectivity index (χ4n) is 1.77. The lowest BCUT2D eigenvalue weighted by Gasteiger charge is -2.11. The summed E-state index contributed by atoms with van der Waals surface area (Å²) in [6.45, 7) is 1.92. The number of nitrogens with one attached hydrogen (secondary N) is 1. The SMILES string of the molecule is COc1ccccc1Nc1ccc(C#N)c(C)c1. The minimum atomic E-state index is 0.695. The number of benzene rings is 2. The van der Waals surface area contributed by atoms with Gasteiger partial charge in [0, 0.05) is 5.69 Å². The van der Waals surface area contributed by atoms with E-state index in [9.17, 15) is 0 Å². The van der Waals surface area contributed by atoms with Gasteiger partial charge in [-0.2, -0.15) is 5.26 Å². The largest absolute Gasteiger partial charge is 0.495 e. The maximum absolute atomic E-state index is 8.89. The van der Waals surface area contributed by atoms with Crippen LogP contribution >= 0.6 is 0 Å². The number of hydrogen-bond donors (Lipinski definition) is 1. The van der Waals surface area contributed by atoms with Gasteiger partial charge in [-0.3, -0.25) is 0 Å². The molecular formula is C15H14N2O. The number of hydrogen-bond acceptors (Lipinski definition) is 3. The molecule has 1 N–H and O–H groups in total. The smallest absolute Gasteiger partial charge is 0.142 e. The minimum absolute atomic E-state index is 0.695. The van der Waals surface area contributed by atoms with Gasteiger partial charge >= 0.3 is 0 Å². The van der Waals surface area contributed by atoms with Crippen LogP contribution in [0.2, 0.25) is 0 Å². The third-order valence-electron chi connectivity index (χ3n) is 2.73. The first-order valence-electron chi connectivity index (χ1n) is 5.65. The Hall–Kier alpha value is -2.47. The minimum Gasteiger partial charge on any atom is -0.495 e. The zero-order valence-electron chi connectivity index (χ0n) is 10.4. The molecule has 0 bridgehead atoms. The van der Waals surface area contributed by atoms with Gasteiger partial charge in [0.1, 0.15) is 5.75 Å². The van der Waals surface area contributed by atoms with Crippen LogP contribution in [0.3, 0.4) is 0 Å². The van der Waals surface area contributed by atoms with Crippen LogP contribution in [0, 0.1) is 18.3 Å². The number of para-hydroxylation sites is 2. The molecule has 2 rings (SSSR count). The van der Waals surface area contributed by atoms with Gasteiger partial charge in [-0.05, 0) is 42.8 Å². The quantitative estimate of drug-likeness (QED) is 0.888. The summed E-state index contributed by atoms with van der Waals surface area (Å²) in [5, 5.41) is 12.2. The fourth-order valence-corrected chi connectivity index (χ4v) is 1.77. The lowest BCUT2D eigenvalue weighted by Crippen LogP contribution is -1.95. The number of aryl methyl sites for hydroxylation is 1. The molecule has 0 fully saturated rings. The van der Waals surface area contributed by atoms with Crippen molar-refractivity contribution in [3.8, 4) is 11.8 Å². The highest BCUT2D eigenvalue weighted by molar-refractivity contribution is 5.67. The predicted octanol–water partition coefficient (Wildman–Crippen LogP) is 3.62. The predicted molar refractivity (Wildman–Crippen MR) is 72.2 cm³/mol. The molecule has 3 nitrogen and oxygen atoms in total. The first-order chi connectivity index (χ1) is 8.74. The van der Waals surface area contributed by atoms with E-state index in [0.29, 0.717) is 5.56 Å². The summed E-state index contributed by atoms with van der Waals surface area (Å²) in [5.74, 6) is 0.791. The second-order valence-corrected chi connectivity index (χ2v) is 3.97. The van der Waals surface area contributed by atoms with E-state index in [0.717, 1.165) is 22.7 Å². The van der Waals surface area contributed by atoms with Gasteiger partial charge in [-0.25, -0.2) is 0 Å². The highest BCUT2D eigenvalue weighted by Gasteiger charge is 2.03. The zero-order chi connectivity index (χ0) is 13.0. The molecule has 0 saturated carbocycles. The van der Waals surface area contributed by atoms with Crippen molar-refractivity contribution in [3.63, 3.8) is 0 Å². The van der Waals surface area contributed by atoms with Crippen molar-refractivity contribution in [2.75, 3.05) is 12.4 Å². The van der Waals surface area contributed by atoms with Gasteiger partial charge in [0.15, 0.2) is 0 Å². The maximum atomic E-state index is 8.89. The second-order valence-electron chi connectivity index (χ2n) is 3.97. The van der Waals surface area contributed by atoms with Crippen LogP contribution in [0.5, 0.6) is 5.75 Å². The number of ether oxygens (including phenoxy) is 1. The van der Waals surface area contributed by atoms with Crippen LogP contribution < -0.4 is 10.1 Å². The van der Waals surface area contributed by atoms with E-state index in [-0.39, 0.29) is 0 Å². The molecule has 0 unspecified atom stereocenters. The van der Waals surface area contributed by atoms with Gasteiger partial charge in [-0.15, -0.1) is 0 Å². The summed E-state index contributed by atoms with van der Waals surface area (Å²) >= 11 is 0. The Bertz CT molecular complexity index is 600. The van der Waals surface area contributed by atoms with Crippen LogP contribution in [0.15, 0.2) is 42.5 Å². The molecule has 0 aliphatic carbocycles. The Morgan fingerprint density at radius 3 is 2.61 bits per heavy atom. The summed E-state index contributed by atoms with van der Waals surface area (Å²) in [4.78, 5) is 0. The number of anilines is 2. The molecule has 0 aliphatic heterocycles. The number of nitriles is 1. The first kappa shape index (κ1) is 12.0. The zero-order valence-corrected chi connectivity index (χ0v) is 10.4. The maximum Gasteiger partial charge on any atom is 0.142 e. The third kappa shape index (κ3) is 2.44. The van der Waals surface area contributed by atoms with E-state index >= 15 is 0 Å². The Kier molecular flexibility index (Phi) is 3.49. The van der Waals surface area contributed by atoms with Crippen molar-refractivity contribution < 1.29 is 4.74 Å². The standard InChI is InChI=1S/C15H14N2O/c1-11-9-13(8-7-12(11)10-16)17-14-5-3-4-6-15(14)18-2/h3-9,17H,1-2H3. The number of rotatable bonds is 3. The van der Waals surface area contributed by atoms with E-state index in [2.05, 4.69) is 11.4 Å². The van der Waals surface area contributed by atoms with Crippen LogP contribution in [-0.4, -0.2) is 7.11 Å². The molecule has 0 atom stereocenters. The van der Waals surface area contributed by atoms with Gasteiger partial charge in [-0.1, -0.05) is 12.1 Å². The molecule has 0 aromatic heterocycles. The average Bonchev–Trinajstić information content (AvgIpc) is 2.39. The lowest BCUT2D eigenvalue weighted by molar-refractivity contribution is 0.417. The molecular weight excluding hydrogens is 224 g/mol. The molecule has 0 spiro atoms. The van der Waals surface area contributed by atoms with Crippen molar-refractivity contribution in [1.29, 1.82) is 5.26 Å². The van der Waals surface area contributed by atoms with Crippen molar-refractivity contribution in [3.05, 3.63) is 53.6 Å². The molecule has 0 saturated heterocycles. The third-order valence-corrected chi connectivity index (χ3v) is 2.73. The van der Waals surface area contributed by atoms with E-state index in [1.54, 1.807) is 7.11 Å². The molecule has 2 aromatic carbocycles. The lowest BCUT2D eigenvalue weighted by atomic mass is 10.1. The van der Waals surface area contributed by atoms with E-state index in [1.807, 2.05) is 49.4 Å². The highest BCUT2D eigenvalue weighted by atomic mass is 16.5. The average molecular weight is 238 g/mol. The van der Waals surface area contributed by atoms with Crippen LogP contribution in [0.25, 0.3) is 0 Å². The Morgan fingerprint density at radius 2 is 1.94 bits per heavy atom. The summed E-state index contributed by atoms with van der Waals surface area (Å²) in [7, 11) is 1.64. The van der Waals surface area contributed by atoms with E-state index < -0.39 is 0 Å². The van der Waals surface area contributed by atoms with Gasteiger partial charge in [0.2, 0.25) is 0 Å². The van der Waals surface area contributed by atoms with Crippen molar-refractivity contribution in [1.82, 2.24) is 0 Å². The monoisotopic (exact) mass is 238 g/mol. The van der Waals surface area contributed by atoms with Crippen LogP contribution in [-0.2, 0) is 0 Å². The summed E-state index contributed by atoms with van der Waals surface area (Å²) in [6.07, 6.45) is 0. The molecule has 2 aromatic rings. The Labute approximate surface area is 107 Å². The molecule has 3 heteroatoms. The van der Waals surface area contributed by atoms with Gasteiger partial charge < -0.3 is 10.1 Å². The fraction of sp³-hybridized carbons (Fsp3) is 0.133. The second kappa shape index (κ2) is 5.24. The Morgan fingerprint density at radius 1 is 1.17 bits per heavy atom. The van der Waals surface area contributed by atoms with Crippen molar-refractivity contribution in [2.45, 2.75) is 6.92 Å². The normalized spacial score (nSPS) is 9.61. The van der Waals surface area contributed by atoms with Crippen molar-refractivity contribution >= 4 is 11.4 Å². The molecule has 0 aliphatic rings. The number of nitrogens with zero attached hydrogens (tertiary/aromatic N) is 1. The Balaban J connectivity index is 2.29. The summed E-state index contributed by atoms with van der Waals surface area (Å²) in [5.41, 5.74) is 3.50. The van der Waals surface area contributed by atoms with Crippen molar-refractivity contribution in [2.24, 2.45) is 0 Å². The molecule has 0 amide bonds. The summed E-state index contributed by atoms with van der Waals surface area (Å²) < 4.78 is 5.28. The van der Waals surface area contributed by atoms with Crippen LogP contribution in [0.1, 0.15) is 11.1 Å². The van der Waals surface area contributed by atoms with Gasteiger partial charge in [0.25, 0.3) is 0 Å². The van der Waals surface area contributed by atoms with Gasteiger partial charge in [0.05, 0.1) is 24.4 Å². The molecule has 0 radical (unpaired) electrons. The molecule has 90 valence electrons. The summed E-state index contributed by atoms with van der Waals surface area (Å²) in [6, 6.07) is 15.5. The van der Waals surface area contributed by atoms with E-state index in [1.165, 1.54) is 0 Å². The topological polar surface area (TPSA) is 45.0 Å². The number of methoxy groups -OCH3 is 1. The molecule has 18 heavy (non-hydrogen) atoms. The first-order valence-corrected chi connectivity index (χ1v) is 5.65. The highest BCUT2D eigenvalue weighted by Crippen LogP contribution is 2.27. The molecule has 0 heterocycles.